The van der Waals surface area contributed by atoms with Crippen molar-refractivity contribution < 1.29 is 0 Å². The normalized spacial score (nSPS) is 22.7. The lowest BCUT2D eigenvalue weighted by Crippen LogP contribution is -2.15. The van der Waals surface area contributed by atoms with Crippen molar-refractivity contribution in [2.24, 2.45) is 0 Å². The molecule has 1 aliphatic carbocycles. The Bertz CT molecular complexity index is 708. The van der Waals surface area contributed by atoms with E-state index in [2.05, 4.69) is 27.9 Å². The second kappa shape index (κ2) is 5.03. The predicted molar refractivity (Wildman–Crippen MR) is 82.0 cm³/mol. The summed E-state index contributed by atoms with van der Waals surface area (Å²) in [4.78, 5) is 3.21. The van der Waals surface area contributed by atoms with Crippen molar-refractivity contribution >= 4 is 35.0 Å². The molecule has 0 saturated heterocycles. The molecule has 1 aromatic heterocycles. The van der Waals surface area contributed by atoms with Crippen LogP contribution in [-0.4, -0.2) is 21.1 Å². The first-order chi connectivity index (χ1) is 9.26. The molecule has 1 fully saturated rings. The Morgan fingerprint density at radius 1 is 1.47 bits per heavy atom. The third-order valence-corrected chi connectivity index (χ3v) is 5.38. The number of aromatic amines is 1. The fourth-order valence-electron chi connectivity index (χ4n) is 3.05. The smallest absolute Gasteiger partial charge is 0.178 e. The van der Waals surface area contributed by atoms with Gasteiger partial charge in [-0.25, -0.2) is 0 Å². The largest absolute Gasteiger partial charge is 0.329 e. The summed E-state index contributed by atoms with van der Waals surface area (Å²) in [6.45, 7) is 0. The molecule has 1 saturated carbocycles. The van der Waals surface area contributed by atoms with E-state index in [-0.39, 0.29) is 0 Å². The maximum Gasteiger partial charge on any atom is 0.178 e. The van der Waals surface area contributed by atoms with Crippen LogP contribution in [0.2, 0.25) is 0 Å². The highest BCUT2D eigenvalue weighted by atomic mass is 32.2. The van der Waals surface area contributed by atoms with Crippen molar-refractivity contribution in [3.8, 4) is 6.07 Å². The Balaban J connectivity index is 2.22. The molecule has 0 radical (unpaired) electrons. The number of fused-ring (bicyclic) bond motifs is 1. The molecular formula is C14H15N3S2. The number of rotatable bonds is 2. The Morgan fingerprint density at radius 3 is 3.05 bits per heavy atom. The van der Waals surface area contributed by atoms with Crippen molar-refractivity contribution in [2.45, 2.75) is 30.6 Å². The second-order valence-electron chi connectivity index (χ2n) is 4.88. The van der Waals surface area contributed by atoms with Gasteiger partial charge in [0.15, 0.2) is 4.77 Å². The first-order valence-electron chi connectivity index (χ1n) is 6.42. The van der Waals surface area contributed by atoms with E-state index in [0.29, 0.717) is 16.9 Å². The minimum atomic E-state index is 0.449. The standard InChI is InChI=1S/C14H15N3S2/c1-19-12-7-3-5-10(12)17-11-6-2-4-9(8-15)13(11)16-14(17)18/h2,4,6,10,12H,3,5,7H2,1H3,(H,16,18). The van der Waals surface area contributed by atoms with Crippen molar-refractivity contribution in [1.82, 2.24) is 9.55 Å². The minimum absolute atomic E-state index is 0.449. The van der Waals surface area contributed by atoms with E-state index in [1.807, 2.05) is 23.9 Å². The highest BCUT2D eigenvalue weighted by molar-refractivity contribution is 7.99. The number of para-hydroxylation sites is 1. The average Bonchev–Trinajstić information content (AvgIpc) is 3.00. The van der Waals surface area contributed by atoms with Crippen LogP contribution in [0, 0.1) is 16.1 Å². The molecule has 3 nitrogen and oxygen atoms in total. The van der Waals surface area contributed by atoms with Gasteiger partial charge in [-0.05, 0) is 43.4 Å². The lowest BCUT2D eigenvalue weighted by molar-refractivity contribution is 0.536. The fraction of sp³-hybridized carbons (Fsp3) is 0.429. The third-order valence-electron chi connectivity index (χ3n) is 3.93. The van der Waals surface area contributed by atoms with E-state index in [1.54, 1.807) is 0 Å². The van der Waals surface area contributed by atoms with E-state index in [9.17, 15) is 5.26 Å². The fourth-order valence-corrected chi connectivity index (χ4v) is 4.36. The van der Waals surface area contributed by atoms with E-state index in [4.69, 9.17) is 12.2 Å². The number of hydrogen-bond donors (Lipinski definition) is 1. The van der Waals surface area contributed by atoms with Crippen LogP contribution < -0.4 is 0 Å². The predicted octanol–water partition coefficient (Wildman–Crippen LogP) is 4.03. The Hall–Kier alpha value is -1.25. The highest BCUT2D eigenvalue weighted by Crippen LogP contribution is 2.39. The highest BCUT2D eigenvalue weighted by Gasteiger charge is 2.29. The van der Waals surface area contributed by atoms with Crippen LogP contribution in [0.1, 0.15) is 30.9 Å². The van der Waals surface area contributed by atoms with Gasteiger partial charge in [-0.3, -0.25) is 0 Å². The topological polar surface area (TPSA) is 44.5 Å². The van der Waals surface area contributed by atoms with E-state index in [1.165, 1.54) is 19.3 Å². The van der Waals surface area contributed by atoms with Gasteiger partial charge in [-0.15, -0.1) is 0 Å². The van der Waals surface area contributed by atoms with Crippen LogP contribution in [0.25, 0.3) is 11.0 Å². The number of nitrogens with one attached hydrogen (secondary N) is 1. The summed E-state index contributed by atoms with van der Waals surface area (Å²) >= 11 is 7.41. The molecule has 0 spiro atoms. The van der Waals surface area contributed by atoms with E-state index < -0.39 is 0 Å². The first kappa shape index (κ1) is 12.8. The van der Waals surface area contributed by atoms with Crippen LogP contribution in [0.5, 0.6) is 0 Å². The maximum atomic E-state index is 9.18. The molecular weight excluding hydrogens is 274 g/mol. The molecule has 1 aromatic carbocycles. The zero-order chi connectivity index (χ0) is 13.4. The summed E-state index contributed by atoms with van der Waals surface area (Å²) < 4.78 is 2.96. The van der Waals surface area contributed by atoms with Crippen LogP contribution in [0.15, 0.2) is 18.2 Å². The molecule has 2 aromatic rings. The van der Waals surface area contributed by atoms with Gasteiger partial charge in [0.2, 0.25) is 0 Å². The number of nitrogens with zero attached hydrogens (tertiary/aromatic N) is 2. The molecule has 1 heterocycles. The number of imidazole rings is 1. The Morgan fingerprint density at radius 2 is 2.32 bits per heavy atom. The lowest BCUT2D eigenvalue weighted by atomic mass is 10.2. The molecule has 2 unspecified atom stereocenters. The van der Waals surface area contributed by atoms with Gasteiger partial charge in [0.25, 0.3) is 0 Å². The van der Waals surface area contributed by atoms with Gasteiger partial charge in [0, 0.05) is 11.3 Å². The van der Waals surface area contributed by atoms with Gasteiger partial charge >= 0.3 is 0 Å². The summed E-state index contributed by atoms with van der Waals surface area (Å²) in [7, 11) is 0. The van der Waals surface area contributed by atoms with Crippen molar-refractivity contribution in [3.05, 3.63) is 28.5 Å². The van der Waals surface area contributed by atoms with Crippen LogP contribution in [0.3, 0.4) is 0 Å². The monoisotopic (exact) mass is 289 g/mol. The minimum Gasteiger partial charge on any atom is -0.329 e. The summed E-state index contributed by atoms with van der Waals surface area (Å²) in [5.74, 6) is 0. The van der Waals surface area contributed by atoms with Crippen molar-refractivity contribution in [1.29, 1.82) is 5.26 Å². The molecule has 0 aliphatic heterocycles. The van der Waals surface area contributed by atoms with Gasteiger partial charge in [-0.2, -0.15) is 17.0 Å². The first-order valence-corrected chi connectivity index (χ1v) is 8.12. The van der Waals surface area contributed by atoms with Gasteiger partial charge in [0.1, 0.15) is 6.07 Å². The number of thioether (sulfide) groups is 1. The molecule has 1 N–H and O–H groups in total. The van der Waals surface area contributed by atoms with E-state index >= 15 is 0 Å². The summed E-state index contributed by atoms with van der Waals surface area (Å²) in [5, 5.41) is 9.80. The van der Waals surface area contributed by atoms with Crippen LogP contribution >= 0.6 is 24.0 Å². The Labute approximate surface area is 121 Å². The molecule has 2 atom stereocenters. The molecule has 0 bridgehead atoms. The number of nitriles is 1. The number of H-pyrrole nitrogens is 1. The molecule has 5 heteroatoms. The van der Waals surface area contributed by atoms with Gasteiger partial charge in [0.05, 0.1) is 16.6 Å². The second-order valence-corrected chi connectivity index (χ2v) is 6.35. The van der Waals surface area contributed by atoms with Crippen LogP contribution in [0.4, 0.5) is 0 Å². The molecule has 19 heavy (non-hydrogen) atoms. The summed E-state index contributed by atoms with van der Waals surface area (Å²) in [6, 6.07) is 8.50. The van der Waals surface area contributed by atoms with Gasteiger partial charge < -0.3 is 9.55 Å². The zero-order valence-electron chi connectivity index (χ0n) is 10.7. The molecule has 3 rings (SSSR count). The van der Waals surface area contributed by atoms with Gasteiger partial charge in [-0.1, -0.05) is 12.5 Å². The molecule has 98 valence electrons. The third kappa shape index (κ3) is 1.99. The lowest BCUT2D eigenvalue weighted by Gasteiger charge is -2.20. The maximum absolute atomic E-state index is 9.18. The van der Waals surface area contributed by atoms with Crippen molar-refractivity contribution in [2.75, 3.05) is 6.26 Å². The number of hydrogen-bond acceptors (Lipinski definition) is 3. The zero-order valence-corrected chi connectivity index (χ0v) is 12.4. The molecule has 1 aliphatic rings. The number of aromatic nitrogens is 2. The van der Waals surface area contributed by atoms with E-state index in [0.717, 1.165) is 15.8 Å². The summed E-state index contributed by atoms with van der Waals surface area (Å²) in [6.07, 6.45) is 5.84. The SMILES string of the molecule is CSC1CCCC1n1c(=S)[nH]c2c(C#N)cccc21. The number of benzene rings is 1. The van der Waals surface area contributed by atoms with Crippen LogP contribution in [-0.2, 0) is 0 Å². The Kier molecular flexibility index (Phi) is 3.38. The quantitative estimate of drug-likeness (QED) is 0.849. The average molecular weight is 289 g/mol. The summed E-state index contributed by atoms with van der Waals surface area (Å²) in [5.41, 5.74) is 2.61. The van der Waals surface area contributed by atoms with Crippen molar-refractivity contribution in [3.63, 3.8) is 0 Å². The molecule has 0 amide bonds.